The maximum atomic E-state index is 3.49. The van der Waals surface area contributed by atoms with Crippen LogP contribution in [0.3, 0.4) is 0 Å². The van der Waals surface area contributed by atoms with Crippen LogP contribution in [0, 0.1) is 0 Å². The molecule has 0 aliphatic rings. The van der Waals surface area contributed by atoms with Crippen molar-refractivity contribution in [1.29, 1.82) is 0 Å². The summed E-state index contributed by atoms with van der Waals surface area (Å²) in [6, 6.07) is 8.92. The van der Waals surface area contributed by atoms with E-state index in [0.29, 0.717) is 0 Å². The number of rotatable bonds is 5. The third kappa shape index (κ3) is 4.79. The van der Waals surface area contributed by atoms with Crippen LogP contribution in [-0.2, 0) is 12.0 Å². The number of likely N-dealkylation sites (N-methyl/N-ethyl adjacent to an activating group) is 1. The molecule has 0 atom stereocenters. The molecule has 0 aliphatic heterocycles. The number of benzene rings is 1. The van der Waals surface area contributed by atoms with Crippen LogP contribution in [0.15, 0.2) is 24.3 Å². The third-order valence-corrected chi connectivity index (χ3v) is 3.39. The molecule has 0 radical (unpaired) electrons. The molecule has 0 fully saturated rings. The summed E-state index contributed by atoms with van der Waals surface area (Å²) in [5, 5.41) is 6.78. The lowest BCUT2D eigenvalue weighted by atomic mass is 9.87. The fourth-order valence-electron chi connectivity index (χ4n) is 1.73. The van der Waals surface area contributed by atoms with Gasteiger partial charge in [0.1, 0.15) is 0 Å². The SMILES string of the molecule is CNC(C)(C)CNCc1ccc(C(C)(C)C)cc1. The first kappa shape index (κ1) is 15.2. The molecule has 0 aliphatic carbocycles. The Bertz CT molecular complexity index is 358. The van der Waals surface area contributed by atoms with Crippen molar-refractivity contribution >= 4 is 0 Å². The number of hydrogen-bond donors (Lipinski definition) is 2. The average Bonchev–Trinajstić information content (AvgIpc) is 2.28. The van der Waals surface area contributed by atoms with E-state index in [1.807, 2.05) is 7.05 Å². The predicted molar refractivity (Wildman–Crippen MR) is 80.0 cm³/mol. The van der Waals surface area contributed by atoms with E-state index in [-0.39, 0.29) is 11.0 Å². The zero-order valence-corrected chi connectivity index (χ0v) is 12.7. The molecule has 0 unspecified atom stereocenters. The van der Waals surface area contributed by atoms with E-state index in [9.17, 15) is 0 Å². The Morgan fingerprint density at radius 3 is 1.94 bits per heavy atom. The van der Waals surface area contributed by atoms with Gasteiger partial charge in [0.05, 0.1) is 0 Å². The van der Waals surface area contributed by atoms with Crippen molar-refractivity contribution in [3.63, 3.8) is 0 Å². The van der Waals surface area contributed by atoms with Gasteiger partial charge >= 0.3 is 0 Å². The lowest BCUT2D eigenvalue weighted by Crippen LogP contribution is -2.45. The van der Waals surface area contributed by atoms with E-state index in [2.05, 4.69) is 69.5 Å². The molecule has 2 nitrogen and oxygen atoms in total. The van der Waals surface area contributed by atoms with Crippen molar-refractivity contribution in [2.24, 2.45) is 0 Å². The summed E-state index contributed by atoms with van der Waals surface area (Å²) >= 11 is 0. The highest BCUT2D eigenvalue weighted by atomic mass is 15.0. The standard InChI is InChI=1S/C16H28N2/c1-15(2,3)14-9-7-13(8-10-14)11-18-12-16(4,5)17-6/h7-10,17-18H,11-12H2,1-6H3. The van der Waals surface area contributed by atoms with Crippen LogP contribution in [0.5, 0.6) is 0 Å². The van der Waals surface area contributed by atoms with Crippen molar-refractivity contribution in [1.82, 2.24) is 10.6 Å². The Morgan fingerprint density at radius 2 is 1.50 bits per heavy atom. The zero-order chi connectivity index (χ0) is 13.8. The van der Waals surface area contributed by atoms with Crippen LogP contribution in [0.25, 0.3) is 0 Å². The van der Waals surface area contributed by atoms with E-state index in [1.165, 1.54) is 11.1 Å². The fraction of sp³-hybridized carbons (Fsp3) is 0.625. The summed E-state index contributed by atoms with van der Waals surface area (Å²) in [6.45, 7) is 13.0. The van der Waals surface area contributed by atoms with Crippen LogP contribution in [0.2, 0.25) is 0 Å². The number of nitrogens with one attached hydrogen (secondary N) is 2. The van der Waals surface area contributed by atoms with Crippen LogP contribution >= 0.6 is 0 Å². The van der Waals surface area contributed by atoms with E-state index in [0.717, 1.165) is 13.1 Å². The first-order valence-corrected chi connectivity index (χ1v) is 6.74. The zero-order valence-electron chi connectivity index (χ0n) is 12.7. The van der Waals surface area contributed by atoms with Gasteiger partial charge in [0.25, 0.3) is 0 Å². The summed E-state index contributed by atoms with van der Waals surface area (Å²) in [5.74, 6) is 0. The van der Waals surface area contributed by atoms with Crippen molar-refractivity contribution < 1.29 is 0 Å². The van der Waals surface area contributed by atoms with Crippen molar-refractivity contribution in [3.8, 4) is 0 Å². The Morgan fingerprint density at radius 1 is 0.944 bits per heavy atom. The van der Waals surface area contributed by atoms with Gasteiger partial charge in [-0.3, -0.25) is 0 Å². The topological polar surface area (TPSA) is 24.1 Å². The minimum absolute atomic E-state index is 0.144. The molecule has 0 saturated carbocycles. The largest absolute Gasteiger partial charge is 0.314 e. The van der Waals surface area contributed by atoms with Crippen molar-refractivity contribution in [2.75, 3.05) is 13.6 Å². The molecule has 18 heavy (non-hydrogen) atoms. The molecule has 0 amide bonds. The first-order valence-electron chi connectivity index (χ1n) is 6.74. The maximum Gasteiger partial charge on any atom is 0.0246 e. The lowest BCUT2D eigenvalue weighted by molar-refractivity contribution is 0.393. The minimum Gasteiger partial charge on any atom is -0.314 e. The van der Waals surface area contributed by atoms with Gasteiger partial charge < -0.3 is 10.6 Å². The van der Waals surface area contributed by atoms with Crippen LogP contribution in [0.4, 0.5) is 0 Å². The molecule has 1 aromatic carbocycles. The van der Waals surface area contributed by atoms with Gasteiger partial charge in [0, 0.05) is 18.6 Å². The Kier molecular flexibility index (Phi) is 4.94. The second kappa shape index (κ2) is 5.85. The third-order valence-electron chi connectivity index (χ3n) is 3.39. The molecule has 0 aromatic heterocycles. The highest BCUT2D eigenvalue weighted by molar-refractivity contribution is 5.27. The second-order valence-electron chi connectivity index (χ2n) is 6.68. The summed E-state index contributed by atoms with van der Waals surface area (Å²) in [4.78, 5) is 0. The van der Waals surface area contributed by atoms with Gasteiger partial charge in [0.15, 0.2) is 0 Å². The molecule has 1 rings (SSSR count). The highest BCUT2D eigenvalue weighted by Crippen LogP contribution is 2.22. The minimum atomic E-state index is 0.144. The highest BCUT2D eigenvalue weighted by Gasteiger charge is 2.14. The normalized spacial score (nSPS) is 12.8. The Balaban J connectivity index is 2.50. The molecule has 0 bridgehead atoms. The quantitative estimate of drug-likeness (QED) is 0.837. The molecule has 1 aromatic rings. The van der Waals surface area contributed by atoms with Gasteiger partial charge in [-0.15, -0.1) is 0 Å². The summed E-state index contributed by atoms with van der Waals surface area (Å²) in [5.41, 5.74) is 3.11. The molecule has 0 spiro atoms. The van der Waals surface area contributed by atoms with Crippen LogP contribution < -0.4 is 10.6 Å². The monoisotopic (exact) mass is 248 g/mol. The van der Waals surface area contributed by atoms with Gasteiger partial charge in [-0.05, 0) is 37.4 Å². The van der Waals surface area contributed by atoms with E-state index in [1.54, 1.807) is 0 Å². The lowest BCUT2D eigenvalue weighted by Gasteiger charge is -2.24. The van der Waals surface area contributed by atoms with Gasteiger partial charge in [-0.25, -0.2) is 0 Å². The smallest absolute Gasteiger partial charge is 0.0246 e. The van der Waals surface area contributed by atoms with Gasteiger partial charge in [0.2, 0.25) is 0 Å². The molecule has 2 N–H and O–H groups in total. The Hall–Kier alpha value is -0.860. The molecular formula is C16H28N2. The van der Waals surface area contributed by atoms with E-state index in [4.69, 9.17) is 0 Å². The maximum absolute atomic E-state index is 3.49. The molecule has 2 heteroatoms. The molecular weight excluding hydrogens is 220 g/mol. The van der Waals surface area contributed by atoms with Gasteiger partial charge in [-0.1, -0.05) is 45.0 Å². The average molecular weight is 248 g/mol. The predicted octanol–water partition coefficient (Wildman–Crippen LogP) is 3.07. The van der Waals surface area contributed by atoms with Crippen LogP contribution in [-0.4, -0.2) is 19.1 Å². The van der Waals surface area contributed by atoms with Crippen molar-refractivity contribution in [3.05, 3.63) is 35.4 Å². The summed E-state index contributed by atoms with van der Waals surface area (Å²) in [6.07, 6.45) is 0. The molecule has 0 saturated heterocycles. The Labute approximate surface area is 112 Å². The van der Waals surface area contributed by atoms with Crippen LogP contribution in [0.1, 0.15) is 45.7 Å². The second-order valence-corrected chi connectivity index (χ2v) is 6.68. The first-order chi connectivity index (χ1) is 8.24. The number of hydrogen-bond acceptors (Lipinski definition) is 2. The fourth-order valence-corrected chi connectivity index (χ4v) is 1.73. The summed E-state index contributed by atoms with van der Waals surface area (Å²) < 4.78 is 0. The van der Waals surface area contributed by atoms with Crippen molar-refractivity contribution in [2.45, 2.75) is 52.1 Å². The van der Waals surface area contributed by atoms with E-state index >= 15 is 0 Å². The summed E-state index contributed by atoms with van der Waals surface area (Å²) in [7, 11) is 2.00. The molecule has 102 valence electrons. The van der Waals surface area contributed by atoms with E-state index < -0.39 is 0 Å². The van der Waals surface area contributed by atoms with Gasteiger partial charge in [-0.2, -0.15) is 0 Å². The molecule has 0 heterocycles.